The number of nitrogens with zero attached hydrogens (tertiary/aromatic N) is 3. The van der Waals surface area contributed by atoms with E-state index in [1.165, 1.54) is 0 Å². The molecule has 5 heteroatoms. The van der Waals surface area contributed by atoms with Crippen LogP contribution in [0.25, 0.3) is 5.69 Å². The van der Waals surface area contributed by atoms with Crippen molar-refractivity contribution in [2.75, 3.05) is 0 Å². The molecule has 1 fully saturated rings. The average molecular weight is 452 g/mol. The van der Waals surface area contributed by atoms with Crippen molar-refractivity contribution in [1.82, 2.24) is 14.7 Å². The Morgan fingerprint density at radius 1 is 0.941 bits per heavy atom. The number of aryl methyl sites for hydroxylation is 3. The summed E-state index contributed by atoms with van der Waals surface area (Å²) in [5.74, 6) is 1.45. The highest BCUT2D eigenvalue weighted by Crippen LogP contribution is 2.36. The van der Waals surface area contributed by atoms with E-state index in [0.29, 0.717) is 18.0 Å². The van der Waals surface area contributed by atoms with Crippen molar-refractivity contribution in [3.63, 3.8) is 0 Å². The number of aromatic nitrogens is 2. The quantitative estimate of drug-likeness (QED) is 0.327. The molecule has 0 saturated heterocycles. The summed E-state index contributed by atoms with van der Waals surface area (Å²) >= 11 is 0. The summed E-state index contributed by atoms with van der Waals surface area (Å²) in [6.45, 7) is 6.52. The van der Waals surface area contributed by atoms with E-state index >= 15 is 0 Å². The first kappa shape index (κ1) is 22.0. The highest BCUT2D eigenvalue weighted by atomic mass is 16.5. The highest BCUT2D eigenvalue weighted by Gasteiger charge is 2.35. The lowest BCUT2D eigenvalue weighted by Crippen LogP contribution is -2.32. The second kappa shape index (κ2) is 9.18. The molecule has 0 aliphatic heterocycles. The van der Waals surface area contributed by atoms with Crippen LogP contribution in [-0.2, 0) is 6.54 Å². The number of hydrogen-bond donors (Lipinski definition) is 0. The number of benzene rings is 3. The fraction of sp³-hybridized carbons (Fsp3) is 0.241. The minimum Gasteiger partial charge on any atom is -0.439 e. The predicted molar refractivity (Wildman–Crippen MR) is 134 cm³/mol. The molecule has 0 N–H and O–H groups in total. The molecule has 1 heterocycles. The molecule has 0 unspecified atom stereocenters. The zero-order chi connectivity index (χ0) is 23.7. The van der Waals surface area contributed by atoms with Crippen LogP contribution in [0.5, 0.6) is 11.6 Å². The first-order chi connectivity index (χ1) is 16.5. The van der Waals surface area contributed by atoms with Crippen LogP contribution < -0.4 is 4.74 Å². The molecule has 3 aromatic carbocycles. The summed E-state index contributed by atoms with van der Waals surface area (Å²) in [6, 6.07) is 26.0. The fourth-order valence-corrected chi connectivity index (χ4v) is 4.15. The molecule has 1 saturated carbocycles. The Morgan fingerprint density at radius 3 is 2.35 bits per heavy atom. The first-order valence-corrected chi connectivity index (χ1v) is 11.8. The average Bonchev–Trinajstić information content (AvgIpc) is 3.63. The Morgan fingerprint density at radius 2 is 1.68 bits per heavy atom. The molecular formula is C29H29N3O2. The predicted octanol–water partition coefficient (Wildman–Crippen LogP) is 6.39. The van der Waals surface area contributed by atoms with Gasteiger partial charge in [0.25, 0.3) is 5.91 Å². The summed E-state index contributed by atoms with van der Waals surface area (Å²) in [5, 5.41) is 4.83. The Balaban J connectivity index is 1.55. The van der Waals surface area contributed by atoms with Crippen molar-refractivity contribution in [3.05, 3.63) is 107 Å². The minimum absolute atomic E-state index is 0.0517. The Labute approximate surface area is 200 Å². The molecule has 4 aromatic rings. The van der Waals surface area contributed by atoms with Gasteiger partial charge in [0.2, 0.25) is 5.88 Å². The second-order valence-electron chi connectivity index (χ2n) is 9.07. The van der Waals surface area contributed by atoms with Crippen LogP contribution in [0.4, 0.5) is 0 Å². The summed E-state index contributed by atoms with van der Waals surface area (Å²) < 4.78 is 8.30. The molecular weight excluding hydrogens is 422 g/mol. The number of carbonyl (C=O) groups is 1. The van der Waals surface area contributed by atoms with E-state index in [1.807, 2.05) is 109 Å². The maximum atomic E-state index is 13.5. The lowest BCUT2D eigenvalue weighted by Gasteiger charge is -2.23. The van der Waals surface area contributed by atoms with Crippen molar-refractivity contribution < 1.29 is 9.53 Å². The third-order valence-corrected chi connectivity index (χ3v) is 6.22. The number of carbonyl (C=O) groups excluding carboxylic acids is 1. The monoisotopic (exact) mass is 451 g/mol. The van der Waals surface area contributed by atoms with Gasteiger partial charge in [0.05, 0.1) is 23.5 Å². The van der Waals surface area contributed by atoms with Crippen molar-refractivity contribution >= 4 is 5.91 Å². The van der Waals surface area contributed by atoms with Gasteiger partial charge in [-0.05, 0) is 75.6 Å². The van der Waals surface area contributed by atoms with Crippen LogP contribution in [0.15, 0.2) is 78.9 Å². The molecule has 0 spiro atoms. The van der Waals surface area contributed by atoms with Gasteiger partial charge in [-0.3, -0.25) is 4.79 Å². The van der Waals surface area contributed by atoms with Gasteiger partial charge in [0, 0.05) is 11.6 Å². The number of para-hydroxylation sites is 1. The summed E-state index contributed by atoms with van der Waals surface area (Å²) in [5.41, 5.74) is 5.68. The molecule has 0 atom stereocenters. The molecule has 172 valence electrons. The van der Waals surface area contributed by atoms with Crippen LogP contribution in [0.3, 0.4) is 0 Å². The maximum absolute atomic E-state index is 13.5. The fourth-order valence-electron chi connectivity index (χ4n) is 4.15. The second-order valence-corrected chi connectivity index (χ2v) is 9.07. The molecule has 0 radical (unpaired) electrons. The highest BCUT2D eigenvalue weighted by molar-refractivity contribution is 5.94. The molecule has 0 bridgehead atoms. The minimum atomic E-state index is 0.0517. The topological polar surface area (TPSA) is 47.4 Å². The molecule has 34 heavy (non-hydrogen) atoms. The number of ether oxygens (including phenoxy) is 1. The standard InChI is InChI=1S/C29H29N3O2/c1-20-12-14-23(15-13-20)28(33)31(24-16-17-24)19-27-22(3)30-32(25-9-5-4-6-10-25)29(27)34-26-11-7-8-21(2)18-26/h4-15,18,24H,16-17,19H2,1-3H3. The number of amides is 1. The summed E-state index contributed by atoms with van der Waals surface area (Å²) in [4.78, 5) is 15.5. The lowest BCUT2D eigenvalue weighted by molar-refractivity contribution is 0.0729. The van der Waals surface area contributed by atoms with Crippen molar-refractivity contribution in [2.45, 2.75) is 46.2 Å². The molecule has 1 aromatic heterocycles. The van der Waals surface area contributed by atoms with Gasteiger partial charge in [-0.25, -0.2) is 4.68 Å². The zero-order valence-electron chi connectivity index (χ0n) is 19.9. The van der Waals surface area contributed by atoms with E-state index < -0.39 is 0 Å². The van der Waals surface area contributed by atoms with E-state index in [-0.39, 0.29) is 11.9 Å². The number of rotatable bonds is 7. The zero-order valence-corrected chi connectivity index (χ0v) is 19.9. The summed E-state index contributed by atoms with van der Waals surface area (Å²) in [6.07, 6.45) is 2.05. The smallest absolute Gasteiger partial charge is 0.254 e. The van der Waals surface area contributed by atoms with Gasteiger partial charge in [0.1, 0.15) is 5.75 Å². The lowest BCUT2D eigenvalue weighted by atomic mass is 10.1. The largest absolute Gasteiger partial charge is 0.439 e. The van der Waals surface area contributed by atoms with Gasteiger partial charge >= 0.3 is 0 Å². The van der Waals surface area contributed by atoms with Gasteiger partial charge in [0.15, 0.2) is 0 Å². The van der Waals surface area contributed by atoms with Crippen LogP contribution >= 0.6 is 0 Å². The van der Waals surface area contributed by atoms with Gasteiger partial charge in [-0.2, -0.15) is 5.10 Å². The van der Waals surface area contributed by atoms with Gasteiger partial charge in [-0.1, -0.05) is 48.0 Å². The maximum Gasteiger partial charge on any atom is 0.254 e. The Hall–Kier alpha value is -3.86. The third kappa shape index (κ3) is 4.60. The Kier molecular flexibility index (Phi) is 5.93. The van der Waals surface area contributed by atoms with Gasteiger partial charge < -0.3 is 9.64 Å². The third-order valence-electron chi connectivity index (χ3n) is 6.22. The number of hydrogen-bond acceptors (Lipinski definition) is 3. The van der Waals surface area contributed by atoms with E-state index in [2.05, 4.69) is 0 Å². The Bertz CT molecular complexity index is 1310. The van der Waals surface area contributed by atoms with Crippen LogP contribution in [0, 0.1) is 20.8 Å². The molecule has 5 rings (SSSR count). The van der Waals surface area contributed by atoms with E-state index in [4.69, 9.17) is 9.84 Å². The SMILES string of the molecule is Cc1ccc(C(=O)N(Cc2c(C)nn(-c3ccccc3)c2Oc2cccc(C)c2)C2CC2)cc1. The normalized spacial score (nSPS) is 13.0. The van der Waals surface area contributed by atoms with Crippen molar-refractivity contribution in [2.24, 2.45) is 0 Å². The summed E-state index contributed by atoms with van der Waals surface area (Å²) in [7, 11) is 0. The van der Waals surface area contributed by atoms with Gasteiger partial charge in [-0.15, -0.1) is 0 Å². The van der Waals surface area contributed by atoms with Crippen LogP contribution in [0.1, 0.15) is 45.6 Å². The molecule has 1 aliphatic rings. The van der Waals surface area contributed by atoms with E-state index in [1.54, 1.807) is 0 Å². The molecule has 5 nitrogen and oxygen atoms in total. The molecule has 1 amide bonds. The molecule has 1 aliphatic carbocycles. The van der Waals surface area contributed by atoms with E-state index in [9.17, 15) is 4.79 Å². The first-order valence-electron chi connectivity index (χ1n) is 11.8. The van der Waals surface area contributed by atoms with E-state index in [0.717, 1.165) is 46.7 Å². The van der Waals surface area contributed by atoms with Crippen LogP contribution in [0.2, 0.25) is 0 Å². The van der Waals surface area contributed by atoms with Crippen LogP contribution in [-0.4, -0.2) is 26.6 Å². The van der Waals surface area contributed by atoms with Crippen molar-refractivity contribution in [3.8, 4) is 17.3 Å². The van der Waals surface area contributed by atoms with Crippen molar-refractivity contribution in [1.29, 1.82) is 0 Å².